The van der Waals surface area contributed by atoms with Crippen molar-refractivity contribution in [3.63, 3.8) is 0 Å². The highest BCUT2D eigenvalue weighted by atomic mass is 16.4. The van der Waals surface area contributed by atoms with Crippen LogP contribution in [-0.2, 0) is 0 Å². The average Bonchev–Trinajstić information content (AvgIpc) is 2.27. The number of rotatable bonds is 4. The fourth-order valence-corrected chi connectivity index (χ4v) is 1.29. The number of aliphatic hydroxyl groups excluding tert-OH is 2. The van der Waals surface area contributed by atoms with Crippen LogP contribution in [0.3, 0.4) is 0 Å². The predicted molar refractivity (Wildman–Crippen MR) is 57.8 cm³/mol. The molecule has 6 nitrogen and oxygen atoms in total. The van der Waals surface area contributed by atoms with E-state index in [1.807, 2.05) is 0 Å². The molecule has 0 aliphatic heterocycles. The van der Waals surface area contributed by atoms with E-state index < -0.39 is 18.2 Å². The number of carbonyl (C=O) groups is 1. The van der Waals surface area contributed by atoms with Gasteiger partial charge in [-0.15, -0.1) is 0 Å². The van der Waals surface area contributed by atoms with Gasteiger partial charge in [-0.2, -0.15) is 0 Å². The van der Waals surface area contributed by atoms with Crippen LogP contribution in [0.5, 0.6) is 0 Å². The molecule has 7 N–H and O–H groups in total. The van der Waals surface area contributed by atoms with E-state index >= 15 is 0 Å². The number of aliphatic hydroxyl groups is 2. The molecular weight excluding hydrogens is 212 g/mol. The Morgan fingerprint density at radius 2 is 2.00 bits per heavy atom. The number of anilines is 1. The Balaban J connectivity index is 3.07. The summed E-state index contributed by atoms with van der Waals surface area (Å²) in [6.45, 7) is -0.117. The van der Waals surface area contributed by atoms with Gasteiger partial charge in [-0.25, -0.2) is 4.79 Å². The van der Waals surface area contributed by atoms with Crippen molar-refractivity contribution >= 4 is 11.7 Å². The Morgan fingerprint density at radius 1 is 1.38 bits per heavy atom. The zero-order chi connectivity index (χ0) is 12.3. The smallest absolute Gasteiger partial charge is 0.337 e. The lowest BCUT2D eigenvalue weighted by Gasteiger charge is -2.17. The molecule has 0 saturated carbocycles. The zero-order valence-corrected chi connectivity index (χ0v) is 8.50. The number of hydrogen-bond donors (Lipinski definition) is 5. The van der Waals surface area contributed by atoms with Crippen molar-refractivity contribution in [3.8, 4) is 0 Å². The Kier molecular flexibility index (Phi) is 3.83. The average molecular weight is 226 g/mol. The number of carboxylic acids is 1. The van der Waals surface area contributed by atoms with Crippen molar-refractivity contribution < 1.29 is 20.1 Å². The summed E-state index contributed by atoms with van der Waals surface area (Å²) in [5.74, 6) is -1.19. The van der Waals surface area contributed by atoms with Crippen LogP contribution in [0, 0.1) is 0 Å². The lowest BCUT2D eigenvalue weighted by molar-refractivity contribution is 0.0242. The topological polar surface area (TPSA) is 130 Å². The van der Waals surface area contributed by atoms with Gasteiger partial charge in [0.25, 0.3) is 0 Å². The van der Waals surface area contributed by atoms with Crippen molar-refractivity contribution in [2.24, 2.45) is 5.73 Å². The van der Waals surface area contributed by atoms with Gasteiger partial charge in [-0.05, 0) is 17.7 Å². The van der Waals surface area contributed by atoms with Gasteiger partial charge < -0.3 is 26.8 Å². The van der Waals surface area contributed by atoms with Crippen molar-refractivity contribution in [1.29, 1.82) is 0 Å². The number of aromatic carboxylic acids is 1. The minimum absolute atomic E-state index is 0.102. The summed E-state index contributed by atoms with van der Waals surface area (Å²) < 4.78 is 0. The van der Waals surface area contributed by atoms with Crippen molar-refractivity contribution in [2.45, 2.75) is 12.2 Å². The molecule has 1 aromatic rings. The van der Waals surface area contributed by atoms with Gasteiger partial charge >= 0.3 is 5.97 Å². The monoisotopic (exact) mass is 226 g/mol. The first-order valence-corrected chi connectivity index (χ1v) is 4.66. The van der Waals surface area contributed by atoms with Gasteiger partial charge in [0.05, 0.1) is 11.7 Å². The van der Waals surface area contributed by atoms with Gasteiger partial charge in [0, 0.05) is 12.2 Å². The number of carboxylic acid groups (broad SMARTS) is 1. The zero-order valence-electron chi connectivity index (χ0n) is 8.50. The van der Waals surface area contributed by atoms with Gasteiger partial charge in [0.2, 0.25) is 0 Å². The van der Waals surface area contributed by atoms with Crippen LogP contribution in [0.2, 0.25) is 0 Å². The Morgan fingerprint density at radius 3 is 2.50 bits per heavy atom. The SMILES string of the molecule is NCC(O)C(O)c1ccc(N)c(C(=O)O)c1. The lowest BCUT2D eigenvalue weighted by Crippen LogP contribution is -2.27. The first kappa shape index (κ1) is 12.4. The van der Waals surface area contributed by atoms with E-state index in [4.69, 9.17) is 16.6 Å². The van der Waals surface area contributed by atoms with Crippen molar-refractivity contribution in [2.75, 3.05) is 12.3 Å². The maximum Gasteiger partial charge on any atom is 0.337 e. The molecule has 0 radical (unpaired) electrons. The number of nitrogen functional groups attached to an aromatic ring is 1. The Bertz CT molecular complexity index is 394. The summed E-state index contributed by atoms with van der Waals surface area (Å²) in [5, 5.41) is 27.8. The van der Waals surface area contributed by atoms with E-state index in [2.05, 4.69) is 0 Å². The molecule has 0 amide bonds. The highest BCUT2D eigenvalue weighted by Gasteiger charge is 2.19. The van der Waals surface area contributed by atoms with E-state index in [1.54, 1.807) is 0 Å². The highest BCUT2D eigenvalue weighted by Crippen LogP contribution is 2.21. The largest absolute Gasteiger partial charge is 0.478 e. The number of hydrogen-bond acceptors (Lipinski definition) is 5. The van der Waals surface area contributed by atoms with Crippen LogP contribution in [-0.4, -0.2) is 33.9 Å². The molecule has 1 aromatic carbocycles. The molecular formula is C10H14N2O4. The number of nitrogens with two attached hydrogens (primary N) is 2. The van der Waals surface area contributed by atoms with E-state index in [9.17, 15) is 15.0 Å². The summed E-state index contributed by atoms with van der Waals surface area (Å²) in [7, 11) is 0. The molecule has 0 aliphatic carbocycles. The summed E-state index contributed by atoms with van der Waals surface area (Å²) in [6.07, 6.45) is -2.35. The van der Waals surface area contributed by atoms with Crippen LogP contribution in [0.15, 0.2) is 18.2 Å². The van der Waals surface area contributed by atoms with E-state index in [-0.39, 0.29) is 23.4 Å². The molecule has 6 heteroatoms. The maximum absolute atomic E-state index is 10.8. The Labute approximate surface area is 92.1 Å². The normalized spacial score (nSPS) is 14.4. The second kappa shape index (κ2) is 4.93. The fraction of sp³-hybridized carbons (Fsp3) is 0.300. The molecule has 0 heterocycles. The Hall–Kier alpha value is -1.63. The summed E-state index contributed by atoms with van der Waals surface area (Å²) in [5.41, 5.74) is 10.9. The highest BCUT2D eigenvalue weighted by molar-refractivity contribution is 5.93. The summed E-state index contributed by atoms with van der Waals surface area (Å²) >= 11 is 0. The molecule has 0 bridgehead atoms. The lowest BCUT2D eigenvalue weighted by atomic mass is 10.0. The van der Waals surface area contributed by atoms with Gasteiger partial charge in [0.1, 0.15) is 6.10 Å². The first-order valence-electron chi connectivity index (χ1n) is 4.66. The molecule has 0 fully saturated rings. The molecule has 2 atom stereocenters. The minimum Gasteiger partial charge on any atom is -0.478 e. The fourth-order valence-electron chi connectivity index (χ4n) is 1.29. The third kappa shape index (κ3) is 2.48. The van der Waals surface area contributed by atoms with Crippen LogP contribution in [0.1, 0.15) is 22.0 Å². The summed E-state index contributed by atoms with van der Waals surface area (Å²) in [4.78, 5) is 10.8. The second-order valence-corrected chi connectivity index (χ2v) is 3.40. The van der Waals surface area contributed by atoms with E-state index in [0.717, 1.165) is 0 Å². The first-order chi connectivity index (χ1) is 7.47. The third-order valence-electron chi connectivity index (χ3n) is 2.26. The molecule has 0 spiro atoms. The van der Waals surface area contributed by atoms with Crippen LogP contribution in [0.4, 0.5) is 5.69 Å². The van der Waals surface area contributed by atoms with Crippen LogP contribution < -0.4 is 11.5 Å². The predicted octanol–water partition coefficient (Wildman–Crippen LogP) is -0.680. The van der Waals surface area contributed by atoms with Gasteiger partial charge in [0.15, 0.2) is 0 Å². The molecule has 0 saturated heterocycles. The van der Waals surface area contributed by atoms with Crippen molar-refractivity contribution in [3.05, 3.63) is 29.3 Å². The molecule has 1 rings (SSSR count). The second-order valence-electron chi connectivity index (χ2n) is 3.40. The summed E-state index contributed by atoms with van der Waals surface area (Å²) in [6, 6.07) is 4.04. The molecule has 2 unspecified atom stereocenters. The quantitative estimate of drug-likeness (QED) is 0.432. The third-order valence-corrected chi connectivity index (χ3v) is 2.26. The van der Waals surface area contributed by atoms with Gasteiger partial charge in [-0.1, -0.05) is 6.07 Å². The molecule has 16 heavy (non-hydrogen) atoms. The van der Waals surface area contributed by atoms with E-state index in [0.29, 0.717) is 0 Å². The minimum atomic E-state index is -1.22. The maximum atomic E-state index is 10.8. The van der Waals surface area contributed by atoms with E-state index in [1.165, 1.54) is 18.2 Å². The van der Waals surface area contributed by atoms with Crippen LogP contribution in [0.25, 0.3) is 0 Å². The van der Waals surface area contributed by atoms with Crippen LogP contribution >= 0.6 is 0 Å². The van der Waals surface area contributed by atoms with Crippen molar-refractivity contribution in [1.82, 2.24) is 0 Å². The standard InChI is InChI=1S/C10H14N2O4/c11-4-8(13)9(14)5-1-2-7(12)6(3-5)10(15)16/h1-3,8-9,13-14H,4,11-12H2,(H,15,16). The number of benzene rings is 1. The molecule has 0 aromatic heterocycles. The molecule has 0 aliphatic rings. The molecule has 88 valence electrons. The van der Waals surface area contributed by atoms with Gasteiger partial charge in [-0.3, -0.25) is 0 Å².